The summed E-state index contributed by atoms with van der Waals surface area (Å²) in [5.74, 6) is -0.326. The van der Waals surface area contributed by atoms with Crippen LogP contribution in [0.15, 0.2) is 0 Å². The van der Waals surface area contributed by atoms with Crippen LogP contribution < -0.4 is 0 Å². The van der Waals surface area contributed by atoms with Crippen LogP contribution in [0, 0.1) is 5.92 Å². The monoisotopic (exact) mass is 247 g/mol. The molecule has 0 spiro atoms. The van der Waals surface area contributed by atoms with Gasteiger partial charge in [-0.3, -0.25) is 9.69 Å². The lowest BCUT2D eigenvalue weighted by Crippen LogP contribution is -2.42. The highest BCUT2D eigenvalue weighted by Gasteiger charge is 2.21. The van der Waals surface area contributed by atoms with Crippen molar-refractivity contribution in [1.29, 1.82) is 0 Å². The number of methoxy groups -OCH3 is 3. The first-order valence-electron chi connectivity index (χ1n) is 5.86. The topological polar surface area (TPSA) is 48.0 Å². The maximum absolute atomic E-state index is 11.4. The van der Waals surface area contributed by atoms with E-state index in [0.717, 1.165) is 6.54 Å². The minimum Gasteiger partial charge on any atom is -0.469 e. The van der Waals surface area contributed by atoms with Crippen LogP contribution in [-0.4, -0.2) is 64.5 Å². The van der Waals surface area contributed by atoms with E-state index in [1.807, 2.05) is 6.92 Å². The van der Waals surface area contributed by atoms with Gasteiger partial charge in [-0.2, -0.15) is 0 Å². The maximum Gasteiger partial charge on any atom is 0.309 e. The van der Waals surface area contributed by atoms with Crippen molar-refractivity contribution in [1.82, 2.24) is 4.90 Å². The van der Waals surface area contributed by atoms with E-state index in [1.165, 1.54) is 7.11 Å². The molecule has 0 aliphatic heterocycles. The molecule has 0 radical (unpaired) electrons. The molecule has 0 aromatic rings. The molecule has 0 N–H and O–H groups in total. The number of ether oxygens (including phenoxy) is 3. The molecule has 0 amide bonds. The molecule has 17 heavy (non-hydrogen) atoms. The van der Waals surface area contributed by atoms with Gasteiger partial charge >= 0.3 is 5.97 Å². The zero-order valence-corrected chi connectivity index (χ0v) is 11.6. The summed E-state index contributed by atoms with van der Waals surface area (Å²) in [6.45, 7) is 6.65. The molecule has 2 atom stereocenters. The van der Waals surface area contributed by atoms with Gasteiger partial charge in [0.05, 0.1) is 26.2 Å². The number of hydrogen-bond acceptors (Lipinski definition) is 5. The molecular formula is C12H25NO4. The fraction of sp³-hybridized carbons (Fsp3) is 0.917. The van der Waals surface area contributed by atoms with Crippen LogP contribution in [-0.2, 0) is 19.0 Å². The molecule has 5 heteroatoms. The second kappa shape index (κ2) is 9.39. The summed E-state index contributed by atoms with van der Waals surface area (Å²) in [5, 5.41) is 0. The lowest BCUT2D eigenvalue weighted by atomic mass is 10.1. The van der Waals surface area contributed by atoms with Gasteiger partial charge in [0, 0.05) is 33.4 Å². The Bertz CT molecular complexity index is 211. The Balaban J connectivity index is 4.30. The summed E-state index contributed by atoms with van der Waals surface area (Å²) < 4.78 is 14.9. The van der Waals surface area contributed by atoms with Crippen molar-refractivity contribution in [3.8, 4) is 0 Å². The van der Waals surface area contributed by atoms with Gasteiger partial charge in [-0.25, -0.2) is 0 Å². The number of carbonyl (C=O) groups excluding carboxylic acids is 1. The van der Waals surface area contributed by atoms with E-state index in [-0.39, 0.29) is 17.9 Å². The number of esters is 1. The molecule has 0 aliphatic rings. The van der Waals surface area contributed by atoms with Crippen LogP contribution >= 0.6 is 0 Å². The van der Waals surface area contributed by atoms with E-state index < -0.39 is 0 Å². The van der Waals surface area contributed by atoms with Gasteiger partial charge in [-0.05, 0) is 6.92 Å². The Morgan fingerprint density at radius 2 is 1.82 bits per heavy atom. The van der Waals surface area contributed by atoms with Gasteiger partial charge in [0.2, 0.25) is 0 Å². The molecule has 5 nitrogen and oxygen atoms in total. The number of nitrogens with zero attached hydrogens (tertiary/aromatic N) is 1. The normalized spacial score (nSPS) is 14.7. The third-order valence-electron chi connectivity index (χ3n) is 2.73. The van der Waals surface area contributed by atoms with E-state index in [4.69, 9.17) is 14.2 Å². The van der Waals surface area contributed by atoms with Crippen molar-refractivity contribution in [2.24, 2.45) is 5.92 Å². The summed E-state index contributed by atoms with van der Waals surface area (Å²) in [6, 6.07) is 0.252. The van der Waals surface area contributed by atoms with Crippen LogP contribution in [0.4, 0.5) is 0 Å². The standard InChI is InChI=1S/C12H25NO4/c1-10(12(14)17-5)8-13(6-7-15-3)11(2)9-16-4/h10-11H,6-9H2,1-5H3. The summed E-state index contributed by atoms with van der Waals surface area (Å²) in [4.78, 5) is 13.6. The average molecular weight is 247 g/mol. The first kappa shape index (κ1) is 16.4. The highest BCUT2D eigenvalue weighted by atomic mass is 16.5. The first-order chi connectivity index (χ1) is 8.06. The van der Waals surface area contributed by atoms with Gasteiger partial charge in [0.15, 0.2) is 0 Å². The first-order valence-corrected chi connectivity index (χ1v) is 5.86. The molecule has 0 aromatic heterocycles. The predicted molar refractivity (Wildman–Crippen MR) is 66.0 cm³/mol. The molecular weight excluding hydrogens is 222 g/mol. The van der Waals surface area contributed by atoms with E-state index in [2.05, 4.69) is 11.8 Å². The fourth-order valence-corrected chi connectivity index (χ4v) is 1.67. The van der Waals surface area contributed by atoms with E-state index in [9.17, 15) is 4.79 Å². The number of rotatable bonds is 9. The zero-order chi connectivity index (χ0) is 13.3. The van der Waals surface area contributed by atoms with Crippen molar-refractivity contribution in [3.63, 3.8) is 0 Å². The molecule has 0 rings (SSSR count). The lowest BCUT2D eigenvalue weighted by Gasteiger charge is -2.30. The smallest absolute Gasteiger partial charge is 0.309 e. The van der Waals surface area contributed by atoms with Gasteiger partial charge in [-0.1, -0.05) is 6.92 Å². The number of hydrogen-bond donors (Lipinski definition) is 0. The summed E-state index contributed by atoms with van der Waals surface area (Å²) >= 11 is 0. The molecule has 102 valence electrons. The quantitative estimate of drug-likeness (QED) is 0.563. The fourth-order valence-electron chi connectivity index (χ4n) is 1.67. The van der Waals surface area contributed by atoms with Crippen molar-refractivity contribution in [2.45, 2.75) is 19.9 Å². The van der Waals surface area contributed by atoms with E-state index >= 15 is 0 Å². The van der Waals surface area contributed by atoms with Crippen LogP contribution in [0.5, 0.6) is 0 Å². The molecule has 0 aromatic carbocycles. The number of carbonyl (C=O) groups is 1. The highest BCUT2D eigenvalue weighted by molar-refractivity contribution is 5.72. The molecule has 0 aliphatic carbocycles. The van der Waals surface area contributed by atoms with Gasteiger partial charge in [0.25, 0.3) is 0 Å². The Morgan fingerprint density at radius 3 is 2.29 bits per heavy atom. The molecule has 0 bridgehead atoms. The van der Waals surface area contributed by atoms with Crippen LogP contribution in [0.2, 0.25) is 0 Å². The average Bonchev–Trinajstić information content (AvgIpc) is 2.33. The molecule has 0 fully saturated rings. The third kappa shape index (κ3) is 6.61. The van der Waals surface area contributed by atoms with Crippen LogP contribution in [0.1, 0.15) is 13.8 Å². The molecule has 2 unspecified atom stereocenters. The van der Waals surface area contributed by atoms with Gasteiger partial charge in [-0.15, -0.1) is 0 Å². The molecule has 0 heterocycles. The largest absolute Gasteiger partial charge is 0.469 e. The van der Waals surface area contributed by atoms with Crippen LogP contribution in [0.3, 0.4) is 0 Å². The third-order valence-corrected chi connectivity index (χ3v) is 2.73. The van der Waals surface area contributed by atoms with Crippen molar-refractivity contribution in [3.05, 3.63) is 0 Å². The van der Waals surface area contributed by atoms with Crippen molar-refractivity contribution >= 4 is 5.97 Å². The summed E-state index contributed by atoms with van der Waals surface area (Å²) in [7, 11) is 4.76. The minimum atomic E-state index is -0.183. The lowest BCUT2D eigenvalue weighted by molar-refractivity contribution is -0.145. The second-order valence-electron chi connectivity index (χ2n) is 4.22. The maximum atomic E-state index is 11.4. The van der Waals surface area contributed by atoms with Crippen molar-refractivity contribution < 1.29 is 19.0 Å². The SMILES string of the molecule is COCCN(CC(C)C(=O)OC)C(C)COC. The van der Waals surface area contributed by atoms with Gasteiger partial charge in [0.1, 0.15) is 0 Å². The minimum absolute atomic E-state index is 0.142. The zero-order valence-electron chi connectivity index (χ0n) is 11.6. The van der Waals surface area contributed by atoms with E-state index in [0.29, 0.717) is 19.8 Å². The second-order valence-corrected chi connectivity index (χ2v) is 4.22. The summed E-state index contributed by atoms with van der Waals surface area (Å²) in [5.41, 5.74) is 0. The molecule has 0 saturated heterocycles. The van der Waals surface area contributed by atoms with Gasteiger partial charge < -0.3 is 14.2 Å². The Morgan fingerprint density at radius 1 is 1.18 bits per heavy atom. The Labute approximate surface area is 104 Å². The molecule has 0 saturated carbocycles. The summed E-state index contributed by atoms with van der Waals surface area (Å²) in [6.07, 6.45) is 0. The van der Waals surface area contributed by atoms with E-state index in [1.54, 1.807) is 14.2 Å². The Kier molecular flexibility index (Phi) is 9.03. The predicted octanol–water partition coefficient (Wildman–Crippen LogP) is 0.779. The Hall–Kier alpha value is -0.650. The van der Waals surface area contributed by atoms with Crippen molar-refractivity contribution in [2.75, 3.05) is 47.6 Å². The highest BCUT2D eigenvalue weighted by Crippen LogP contribution is 2.07. The van der Waals surface area contributed by atoms with Crippen LogP contribution in [0.25, 0.3) is 0 Å².